The van der Waals surface area contributed by atoms with Crippen molar-refractivity contribution in [2.75, 3.05) is 0 Å². The van der Waals surface area contributed by atoms with Crippen LogP contribution in [0.4, 0.5) is 0 Å². The number of para-hydroxylation sites is 1. The van der Waals surface area contributed by atoms with E-state index in [9.17, 15) is 8.42 Å². The van der Waals surface area contributed by atoms with E-state index in [1.807, 2.05) is 103 Å². The van der Waals surface area contributed by atoms with Crippen LogP contribution in [0.1, 0.15) is 34.3 Å². The van der Waals surface area contributed by atoms with Gasteiger partial charge in [-0.15, -0.1) is 0 Å². The highest BCUT2D eigenvalue weighted by molar-refractivity contribution is 7.88. The molecule has 0 spiro atoms. The molecule has 0 bridgehead atoms. The van der Waals surface area contributed by atoms with E-state index in [4.69, 9.17) is 10.5 Å². The van der Waals surface area contributed by atoms with Crippen molar-refractivity contribution in [3.05, 3.63) is 138 Å². The number of sulfonamides is 1. The lowest BCUT2D eigenvalue weighted by atomic mass is 9.95. The van der Waals surface area contributed by atoms with Crippen molar-refractivity contribution in [3.8, 4) is 5.75 Å². The van der Waals surface area contributed by atoms with Crippen LogP contribution in [0, 0.1) is 0 Å². The topological polar surface area (TPSA) is 81.4 Å². The fourth-order valence-corrected chi connectivity index (χ4v) is 5.22. The maximum absolute atomic E-state index is 13.3. The Balaban J connectivity index is 1.55. The minimum atomic E-state index is -3.75. The molecular weight excluding hydrogens is 444 g/mol. The molecule has 6 heteroatoms. The molecule has 5 nitrogen and oxygen atoms in total. The van der Waals surface area contributed by atoms with Crippen LogP contribution in [0.2, 0.25) is 0 Å². The molecule has 0 aromatic heterocycles. The van der Waals surface area contributed by atoms with E-state index in [-0.39, 0.29) is 5.75 Å². The normalized spacial score (nSPS) is 13.2. The van der Waals surface area contributed by atoms with Crippen molar-refractivity contribution in [3.63, 3.8) is 0 Å². The van der Waals surface area contributed by atoms with Crippen LogP contribution in [0.25, 0.3) is 0 Å². The summed E-state index contributed by atoms with van der Waals surface area (Å²) in [6.45, 7) is 0.358. The van der Waals surface area contributed by atoms with Crippen molar-refractivity contribution < 1.29 is 13.2 Å². The molecule has 174 valence electrons. The van der Waals surface area contributed by atoms with E-state index >= 15 is 0 Å². The maximum atomic E-state index is 13.3. The van der Waals surface area contributed by atoms with Crippen LogP contribution in [0.3, 0.4) is 0 Å². The third kappa shape index (κ3) is 6.32. The second-order valence-electron chi connectivity index (χ2n) is 8.08. The molecule has 0 saturated heterocycles. The predicted octanol–water partition coefficient (Wildman–Crippen LogP) is 5.13. The van der Waals surface area contributed by atoms with Crippen molar-refractivity contribution in [1.29, 1.82) is 0 Å². The monoisotopic (exact) mass is 472 g/mol. The second-order valence-corrected chi connectivity index (χ2v) is 9.84. The summed E-state index contributed by atoms with van der Waals surface area (Å²) < 4.78 is 35.5. The van der Waals surface area contributed by atoms with E-state index in [0.29, 0.717) is 17.9 Å². The van der Waals surface area contributed by atoms with Gasteiger partial charge in [-0.2, -0.15) is 0 Å². The van der Waals surface area contributed by atoms with Crippen LogP contribution < -0.4 is 15.2 Å². The molecule has 0 radical (unpaired) electrons. The molecule has 34 heavy (non-hydrogen) atoms. The highest BCUT2D eigenvalue weighted by Gasteiger charge is 2.27. The smallest absolute Gasteiger partial charge is 0.216 e. The molecule has 0 aliphatic heterocycles. The van der Waals surface area contributed by atoms with Gasteiger partial charge >= 0.3 is 0 Å². The zero-order chi connectivity index (χ0) is 23.8. The average molecular weight is 473 g/mol. The van der Waals surface area contributed by atoms with Crippen molar-refractivity contribution in [2.24, 2.45) is 5.73 Å². The van der Waals surface area contributed by atoms with Gasteiger partial charge in [-0.25, -0.2) is 13.1 Å². The lowest BCUT2D eigenvalue weighted by Gasteiger charge is -2.26. The number of benzene rings is 4. The first kappa shape index (κ1) is 23.7. The summed E-state index contributed by atoms with van der Waals surface area (Å²) in [7, 11) is -3.75. The fraction of sp³-hybridized carbons (Fsp3) is 0.143. The molecule has 3 N–H and O–H groups in total. The zero-order valence-electron chi connectivity index (χ0n) is 18.7. The van der Waals surface area contributed by atoms with Crippen LogP contribution in [0.15, 0.2) is 115 Å². The molecular formula is C28H28N2O3S. The lowest BCUT2D eigenvalue weighted by molar-refractivity contribution is 0.303. The molecule has 0 saturated carbocycles. The molecule has 4 aromatic carbocycles. The summed E-state index contributed by atoms with van der Waals surface area (Å²) in [5.74, 6) is 0.323. The van der Waals surface area contributed by atoms with Crippen LogP contribution in [0.5, 0.6) is 5.75 Å². The van der Waals surface area contributed by atoms with Gasteiger partial charge in [-0.05, 0) is 22.8 Å². The Morgan fingerprint density at radius 3 is 1.88 bits per heavy atom. The fourth-order valence-electron chi connectivity index (χ4n) is 3.82. The van der Waals surface area contributed by atoms with Gasteiger partial charge < -0.3 is 10.5 Å². The lowest BCUT2D eigenvalue weighted by Crippen LogP contribution is -2.36. The maximum Gasteiger partial charge on any atom is 0.216 e. The van der Waals surface area contributed by atoms with Crippen molar-refractivity contribution >= 4 is 10.0 Å². The molecule has 0 amide bonds. The number of hydrogen-bond acceptors (Lipinski definition) is 4. The summed E-state index contributed by atoms with van der Waals surface area (Å²) >= 11 is 0. The quantitative estimate of drug-likeness (QED) is 0.335. The Kier molecular flexibility index (Phi) is 7.75. The Labute approximate surface area is 201 Å². The third-order valence-electron chi connectivity index (χ3n) is 5.56. The second kappa shape index (κ2) is 11.1. The van der Waals surface area contributed by atoms with Crippen LogP contribution >= 0.6 is 0 Å². The third-order valence-corrected chi connectivity index (χ3v) is 6.87. The van der Waals surface area contributed by atoms with Gasteiger partial charge in [0.05, 0.1) is 17.8 Å². The molecule has 0 heterocycles. The Bertz CT molecular complexity index is 1280. The summed E-state index contributed by atoms with van der Waals surface area (Å²) in [5.41, 5.74) is 9.82. The number of nitrogens with one attached hydrogen (secondary N) is 1. The van der Waals surface area contributed by atoms with E-state index in [2.05, 4.69) is 4.72 Å². The Morgan fingerprint density at radius 2 is 1.24 bits per heavy atom. The van der Waals surface area contributed by atoms with Gasteiger partial charge in [0.25, 0.3) is 0 Å². The Morgan fingerprint density at radius 1 is 0.706 bits per heavy atom. The molecule has 0 fully saturated rings. The minimum Gasteiger partial charge on any atom is -0.489 e. The Hall–Kier alpha value is -3.45. The highest BCUT2D eigenvalue weighted by Crippen LogP contribution is 2.29. The van der Waals surface area contributed by atoms with Gasteiger partial charge in [0.1, 0.15) is 12.4 Å². The summed E-state index contributed by atoms with van der Waals surface area (Å²) in [5, 5.41) is 0. The average Bonchev–Trinajstić information content (AvgIpc) is 2.88. The molecule has 2 unspecified atom stereocenters. The molecule has 0 aliphatic carbocycles. The summed E-state index contributed by atoms with van der Waals surface area (Å²) in [4.78, 5) is 0. The van der Waals surface area contributed by atoms with E-state index in [1.165, 1.54) is 0 Å². The first-order valence-corrected chi connectivity index (χ1v) is 12.8. The number of hydrogen-bond donors (Lipinski definition) is 2. The van der Waals surface area contributed by atoms with Crippen molar-refractivity contribution in [2.45, 2.75) is 24.4 Å². The first-order valence-electron chi connectivity index (χ1n) is 11.1. The van der Waals surface area contributed by atoms with Crippen molar-refractivity contribution in [1.82, 2.24) is 4.72 Å². The molecule has 2 atom stereocenters. The van der Waals surface area contributed by atoms with Crippen LogP contribution in [-0.4, -0.2) is 8.42 Å². The highest BCUT2D eigenvalue weighted by atomic mass is 32.2. The molecule has 4 rings (SSSR count). The van der Waals surface area contributed by atoms with Gasteiger partial charge in [-0.3, -0.25) is 0 Å². The van der Waals surface area contributed by atoms with Gasteiger partial charge in [0, 0.05) is 5.56 Å². The van der Waals surface area contributed by atoms with E-state index in [1.54, 1.807) is 12.1 Å². The van der Waals surface area contributed by atoms with Gasteiger partial charge in [0.15, 0.2) is 0 Å². The van der Waals surface area contributed by atoms with E-state index in [0.717, 1.165) is 16.7 Å². The first-order chi connectivity index (χ1) is 16.5. The zero-order valence-corrected chi connectivity index (χ0v) is 19.6. The number of nitrogens with two attached hydrogens (primary N) is 1. The SMILES string of the molecule is NC(c1ccccc1)C(NS(=O)(=O)Cc1ccccc1OCc1ccccc1)c1ccccc1. The predicted molar refractivity (Wildman–Crippen MR) is 136 cm³/mol. The number of ether oxygens (including phenoxy) is 1. The molecule has 4 aromatic rings. The van der Waals surface area contributed by atoms with Gasteiger partial charge in [-0.1, -0.05) is 109 Å². The standard InChI is InChI=1S/C28H28N2O3S/c29-27(23-14-6-2-7-15-23)28(24-16-8-3-9-17-24)30-34(31,32)21-25-18-10-11-19-26(25)33-20-22-12-4-1-5-13-22/h1-19,27-28,30H,20-21,29H2. The largest absolute Gasteiger partial charge is 0.489 e. The number of rotatable bonds is 10. The summed E-state index contributed by atoms with van der Waals surface area (Å²) in [6, 6.07) is 34.7. The molecule has 0 aliphatic rings. The van der Waals surface area contributed by atoms with Gasteiger partial charge in [0.2, 0.25) is 10.0 Å². The van der Waals surface area contributed by atoms with E-state index < -0.39 is 22.1 Å². The van der Waals surface area contributed by atoms with Crippen LogP contribution in [-0.2, 0) is 22.4 Å². The minimum absolute atomic E-state index is 0.219. The summed E-state index contributed by atoms with van der Waals surface area (Å²) in [6.07, 6.45) is 0.